The van der Waals surface area contributed by atoms with E-state index in [4.69, 9.17) is 0 Å². The Morgan fingerprint density at radius 3 is 2.74 bits per heavy atom. The number of benzene rings is 1. The summed E-state index contributed by atoms with van der Waals surface area (Å²) in [4.78, 5) is 10.7. The molecule has 3 aromatic rings. The summed E-state index contributed by atoms with van der Waals surface area (Å²) in [7, 11) is 0. The number of aromatic nitrogens is 2. The van der Waals surface area contributed by atoms with Crippen molar-refractivity contribution in [3.63, 3.8) is 0 Å². The van der Waals surface area contributed by atoms with Gasteiger partial charge in [-0.25, -0.2) is 4.98 Å². The number of H-pyrrole nitrogens is 1. The zero-order chi connectivity index (χ0) is 15.1. The molecule has 2 aromatic heterocycles. The molecule has 0 radical (unpaired) electrons. The predicted molar refractivity (Wildman–Crippen MR) is 98.7 cm³/mol. The number of rotatable bonds is 2. The van der Waals surface area contributed by atoms with Crippen molar-refractivity contribution in [3.8, 4) is 0 Å². The van der Waals surface area contributed by atoms with Crippen LogP contribution < -0.4 is 4.90 Å². The minimum absolute atomic E-state index is 0. The van der Waals surface area contributed by atoms with Crippen LogP contribution in [0.2, 0.25) is 0 Å². The summed E-state index contributed by atoms with van der Waals surface area (Å²) < 4.78 is 0. The molecule has 0 aliphatic carbocycles. The van der Waals surface area contributed by atoms with Crippen LogP contribution in [0.1, 0.15) is 29.3 Å². The number of pyridine rings is 1. The second kappa shape index (κ2) is 6.25. The van der Waals surface area contributed by atoms with Gasteiger partial charge in [-0.05, 0) is 42.5 Å². The van der Waals surface area contributed by atoms with E-state index in [0.717, 1.165) is 31.7 Å². The summed E-state index contributed by atoms with van der Waals surface area (Å²) in [5.74, 6) is 1.09. The lowest BCUT2D eigenvalue weighted by atomic mass is 10.00. The number of aryl methyl sites for hydroxylation is 2. The first kappa shape index (κ1) is 15.9. The Hall–Kier alpha value is -2.00. The largest absolute Gasteiger partial charge is 0.355 e. The topological polar surface area (TPSA) is 31.9 Å². The Morgan fingerprint density at radius 2 is 1.96 bits per heavy atom. The molecule has 1 aliphatic heterocycles. The molecule has 0 spiro atoms. The minimum atomic E-state index is 0. The highest BCUT2D eigenvalue weighted by Crippen LogP contribution is 2.31. The second-order valence-electron chi connectivity index (χ2n) is 6.08. The molecule has 0 saturated heterocycles. The summed E-state index contributed by atoms with van der Waals surface area (Å²) >= 11 is 0. The van der Waals surface area contributed by atoms with Gasteiger partial charge in [-0.3, -0.25) is 0 Å². The molecule has 4 heteroatoms. The highest BCUT2D eigenvalue weighted by molar-refractivity contribution is 5.92. The first-order chi connectivity index (χ1) is 10.8. The predicted octanol–water partition coefficient (Wildman–Crippen LogP) is 4.42. The molecular weight excluding hydrogens is 306 g/mol. The van der Waals surface area contributed by atoms with Crippen molar-refractivity contribution < 1.29 is 0 Å². The fourth-order valence-corrected chi connectivity index (χ4v) is 3.56. The van der Waals surface area contributed by atoms with Gasteiger partial charge in [0.25, 0.3) is 0 Å². The van der Waals surface area contributed by atoms with Gasteiger partial charge < -0.3 is 9.88 Å². The zero-order valence-electron chi connectivity index (χ0n) is 13.6. The molecule has 120 valence electrons. The van der Waals surface area contributed by atoms with Crippen LogP contribution >= 0.6 is 12.4 Å². The van der Waals surface area contributed by atoms with Gasteiger partial charge in [-0.2, -0.15) is 0 Å². The number of fused-ring (bicyclic) bond motifs is 2. The fourth-order valence-electron chi connectivity index (χ4n) is 3.56. The Balaban J connectivity index is 0.00000156. The van der Waals surface area contributed by atoms with Crippen LogP contribution in [0.3, 0.4) is 0 Å². The van der Waals surface area contributed by atoms with E-state index in [1.165, 1.54) is 33.3 Å². The first-order valence-electron chi connectivity index (χ1n) is 8.05. The standard InChI is InChI=1S/C19H21N3.ClH/c1-3-17-13(2)16-8-10-20-19(18(16)21-17)22-11-9-14-6-4-5-7-15(14)12-22;/h4-8,10,21H,3,9,11-12H2,1-2H3;1H. The minimum Gasteiger partial charge on any atom is -0.355 e. The highest BCUT2D eigenvalue weighted by atomic mass is 35.5. The SMILES string of the molecule is CCc1[nH]c2c(N3CCc4ccccc4C3)nccc2c1C.Cl. The number of halogens is 1. The molecule has 1 aliphatic rings. The Morgan fingerprint density at radius 1 is 1.17 bits per heavy atom. The fraction of sp³-hybridized carbons (Fsp3) is 0.316. The Bertz CT molecular complexity index is 838. The number of hydrogen-bond donors (Lipinski definition) is 1. The van der Waals surface area contributed by atoms with Crippen LogP contribution in [-0.4, -0.2) is 16.5 Å². The van der Waals surface area contributed by atoms with E-state index in [1.807, 2.05) is 6.20 Å². The quantitative estimate of drug-likeness (QED) is 0.755. The van der Waals surface area contributed by atoms with E-state index in [9.17, 15) is 0 Å². The van der Waals surface area contributed by atoms with E-state index in [0.29, 0.717) is 0 Å². The molecule has 0 unspecified atom stereocenters. The smallest absolute Gasteiger partial charge is 0.153 e. The summed E-state index contributed by atoms with van der Waals surface area (Å²) in [5, 5.41) is 1.31. The maximum Gasteiger partial charge on any atom is 0.153 e. The average Bonchev–Trinajstić information content (AvgIpc) is 2.91. The Labute approximate surface area is 143 Å². The van der Waals surface area contributed by atoms with Crippen LogP contribution in [-0.2, 0) is 19.4 Å². The molecular formula is C19H22ClN3. The molecule has 3 nitrogen and oxygen atoms in total. The first-order valence-corrected chi connectivity index (χ1v) is 8.05. The maximum absolute atomic E-state index is 4.69. The highest BCUT2D eigenvalue weighted by Gasteiger charge is 2.20. The summed E-state index contributed by atoms with van der Waals surface area (Å²) in [6, 6.07) is 10.9. The number of nitrogens with one attached hydrogen (secondary N) is 1. The summed E-state index contributed by atoms with van der Waals surface area (Å²) in [5.41, 5.74) is 6.77. The van der Waals surface area contributed by atoms with Gasteiger partial charge in [0.2, 0.25) is 0 Å². The van der Waals surface area contributed by atoms with Gasteiger partial charge in [0.1, 0.15) is 0 Å². The van der Waals surface area contributed by atoms with E-state index in [-0.39, 0.29) is 12.4 Å². The van der Waals surface area contributed by atoms with E-state index < -0.39 is 0 Å². The van der Waals surface area contributed by atoms with Gasteiger partial charge in [-0.15, -0.1) is 12.4 Å². The molecule has 0 bridgehead atoms. The van der Waals surface area contributed by atoms with Crippen molar-refractivity contribution in [2.75, 3.05) is 11.4 Å². The molecule has 23 heavy (non-hydrogen) atoms. The third-order valence-corrected chi connectivity index (χ3v) is 4.85. The number of hydrogen-bond acceptors (Lipinski definition) is 2. The van der Waals surface area contributed by atoms with Crippen LogP contribution in [0, 0.1) is 6.92 Å². The molecule has 3 heterocycles. The average molecular weight is 328 g/mol. The number of nitrogens with zero attached hydrogens (tertiary/aromatic N) is 2. The van der Waals surface area contributed by atoms with Crippen molar-refractivity contribution in [1.29, 1.82) is 0 Å². The van der Waals surface area contributed by atoms with Gasteiger partial charge in [0.15, 0.2) is 5.82 Å². The summed E-state index contributed by atoms with van der Waals surface area (Å²) in [6.45, 7) is 6.37. The van der Waals surface area contributed by atoms with E-state index in [1.54, 1.807) is 0 Å². The lowest BCUT2D eigenvalue weighted by Gasteiger charge is -2.30. The van der Waals surface area contributed by atoms with Crippen LogP contribution in [0.15, 0.2) is 36.5 Å². The Kier molecular flexibility index (Phi) is 4.31. The number of aromatic amines is 1. The monoisotopic (exact) mass is 327 g/mol. The van der Waals surface area contributed by atoms with Crippen molar-refractivity contribution in [3.05, 3.63) is 58.9 Å². The lowest BCUT2D eigenvalue weighted by molar-refractivity contribution is 0.723. The zero-order valence-corrected chi connectivity index (χ0v) is 14.4. The van der Waals surface area contributed by atoms with Gasteiger partial charge in [0.05, 0.1) is 5.52 Å². The van der Waals surface area contributed by atoms with Crippen molar-refractivity contribution in [2.45, 2.75) is 33.2 Å². The van der Waals surface area contributed by atoms with Crippen molar-refractivity contribution in [2.24, 2.45) is 0 Å². The molecule has 1 N–H and O–H groups in total. The number of anilines is 1. The van der Waals surface area contributed by atoms with Gasteiger partial charge >= 0.3 is 0 Å². The van der Waals surface area contributed by atoms with Gasteiger partial charge in [0, 0.05) is 30.4 Å². The molecule has 1 aromatic carbocycles. The van der Waals surface area contributed by atoms with E-state index >= 15 is 0 Å². The van der Waals surface area contributed by atoms with Crippen molar-refractivity contribution >= 4 is 29.1 Å². The molecule has 0 saturated carbocycles. The molecule has 0 amide bonds. The third kappa shape index (κ3) is 2.59. The van der Waals surface area contributed by atoms with Crippen LogP contribution in [0.4, 0.5) is 5.82 Å². The van der Waals surface area contributed by atoms with Crippen LogP contribution in [0.5, 0.6) is 0 Å². The third-order valence-electron chi connectivity index (χ3n) is 4.85. The van der Waals surface area contributed by atoms with E-state index in [2.05, 4.69) is 59.0 Å². The van der Waals surface area contributed by atoms with Gasteiger partial charge in [-0.1, -0.05) is 31.2 Å². The molecule has 4 rings (SSSR count). The maximum atomic E-state index is 4.69. The summed E-state index contributed by atoms with van der Waals surface area (Å²) in [6.07, 6.45) is 4.07. The lowest BCUT2D eigenvalue weighted by Crippen LogP contribution is -2.31. The normalized spacial score (nSPS) is 13.7. The molecule has 0 atom stereocenters. The molecule has 0 fully saturated rings. The van der Waals surface area contributed by atoms with Crippen LogP contribution in [0.25, 0.3) is 10.9 Å². The van der Waals surface area contributed by atoms with Crippen molar-refractivity contribution in [1.82, 2.24) is 9.97 Å². The second-order valence-corrected chi connectivity index (χ2v) is 6.08.